The average molecular weight is 226 g/mol. The molecule has 0 amide bonds. The molecule has 88 valence electrons. The van der Waals surface area contributed by atoms with Crippen molar-refractivity contribution in [2.75, 3.05) is 19.6 Å². The molecule has 0 spiro atoms. The van der Waals surface area contributed by atoms with Crippen LogP contribution in [-0.4, -0.2) is 24.5 Å². The number of hydrogen-bond donors (Lipinski definition) is 0. The van der Waals surface area contributed by atoms with Crippen molar-refractivity contribution in [3.8, 4) is 6.07 Å². The van der Waals surface area contributed by atoms with E-state index in [2.05, 4.69) is 35.2 Å². The highest BCUT2D eigenvalue weighted by molar-refractivity contribution is 5.40. The van der Waals surface area contributed by atoms with Crippen LogP contribution in [0.1, 0.15) is 29.9 Å². The molecule has 1 fully saturated rings. The van der Waals surface area contributed by atoms with Crippen molar-refractivity contribution in [1.29, 1.82) is 5.26 Å². The van der Waals surface area contributed by atoms with Gasteiger partial charge in [-0.05, 0) is 36.9 Å². The topological polar surface area (TPSA) is 27.0 Å². The van der Waals surface area contributed by atoms with Crippen molar-refractivity contribution in [2.24, 2.45) is 5.92 Å². The van der Waals surface area contributed by atoms with Gasteiger partial charge in [0.25, 0.3) is 0 Å². The summed E-state index contributed by atoms with van der Waals surface area (Å²) < 4.78 is 0. The lowest BCUT2D eigenvalue weighted by atomic mass is 9.77. The van der Waals surface area contributed by atoms with Gasteiger partial charge in [-0.1, -0.05) is 24.3 Å². The third-order valence-electron chi connectivity index (χ3n) is 4.13. The Kier molecular flexibility index (Phi) is 2.86. The highest BCUT2D eigenvalue weighted by Crippen LogP contribution is 2.35. The Morgan fingerprint density at radius 2 is 2.24 bits per heavy atom. The molecule has 2 aliphatic rings. The fraction of sp³-hybridized carbons (Fsp3) is 0.533. The van der Waals surface area contributed by atoms with Gasteiger partial charge in [-0.3, -0.25) is 0 Å². The van der Waals surface area contributed by atoms with Gasteiger partial charge < -0.3 is 4.90 Å². The lowest BCUT2D eigenvalue weighted by Crippen LogP contribution is -2.39. The molecule has 1 aliphatic carbocycles. The van der Waals surface area contributed by atoms with E-state index in [1.54, 1.807) is 0 Å². The van der Waals surface area contributed by atoms with Crippen LogP contribution in [0.2, 0.25) is 0 Å². The SMILES string of the molecule is N#CC1CCCN(CC2Cc3ccccc32)C1. The van der Waals surface area contributed by atoms with Crippen LogP contribution in [0.15, 0.2) is 24.3 Å². The van der Waals surface area contributed by atoms with E-state index in [9.17, 15) is 0 Å². The van der Waals surface area contributed by atoms with Gasteiger partial charge in [-0.2, -0.15) is 5.26 Å². The maximum Gasteiger partial charge on any atom is 0.0669 e. The Morgan fingerprint density at radius 1 is 1.35 bits per heavy atom. The average Bonchev–Trinajstić information content (AvgIpc) is 2.36. The van der Waals surface area contributed by atoms with Crippen LogP contribution in [0.25, 0.3) is 0 Å². The van der Waals surface area contributed by atoms with Crippen LogP contribution in [0.3, 0.4) is 0 Å². The molecule has 17 heavy (non-hydrogen) atoms. The number of benzene rings is 1. The molecule has 1 aromatic rings. The molecule has 0 bridgehead atoms. The highest BCUT2D eigenvalue weighted by atomic mass is 15.1. The number of piperidine rings is 1. The maximum absolute atomic E-state index is 9.00. The van der Waals surface area contributed by atoms with Gasteiger partial charge in [0, 0.05) is 19.0 Å². The van der Waals surface area contributed by atoms with Gasteiger partial charge in [0.05, 0.1) is 12.0 Å². The number of nitrogens with zero attached hydrogens (tertiary/aromatic N) is 2. The van der Waals surface area contributed by atoms with E-state index >= 15 is 0 Å². The van der Waals surface area contributed by atoms with Crippen molar-refractivity contribution in [1.82, 2.24) is 4.90 Å². The molecule has 0 radical (unpaired) electrons. The Labute approximate surface area is 103 Å². The molecule has 0 aromatic heterocycles. The van der Waals surface area contributed by atoms with E-state index in [0.29, 0.717) is 5.92 Å². The monoisotopic (exact) mass is 226 g/mol. The molecule has 2 heteroatoms. The summed E-state index contributed by atoms with van der Waals surface area (Å²) in [5.41, 5.74) is 3.05. The van der Waals surface area contributed by atoms with Crippen LogP contribution >= 0.6 is 0 Å². The third kappa shape index (κ3) is 2.08. The predicted molar refractivity (Wildman–Crippen MR) is 67.7 cm³/mol. The van der Waals surface area contributed by atoms with Crippen molar-refractivity contribution >= 4 is 0 Å². The molecule has 2 unspecified atom stereocenters. The van der Waals surface area contributed by atoms with Gasteiger partial charge in [0.2, 0.25) is 0 Å². The first-order valence-electron chi connectivity index (χ1n) is 6.56. The van der Waals surface area contributed by atoms with Crippen molar-refractivity contribution in [3.63, 3.8) is 0 Å². The van der Waals surface area contributed by atoms with Gasteiger partial charge in [-0.25, -0.2) is 0 Å². The second-order valence-corrected chi connectivity index (χ2v) is 5.33. The summed E-state index contributed by atoms with van der Waals surface area (Å²) in [7, 11) is 0. The van der Waals surface area contributed by atoms with Crippen LogP contribution in [-0.2, 0) is 6.42 Å². The minimum atomic E-state index is 0.263. The van der Waals surface area contributed by atoms with E-state index in [1.807, 2.05) is 0 Å². The molecule has 1 aliphatic heterocycles. The second-order valence-electron chi connectivity index (χ2n) is 5.33. The molecule has 2 atom stereocenters. The third-order valence-corrected chi connectivity index (χ3v) is 4.13. The summed E-state index contributed by atoms with van der Waals surface area (Å²) >= 11 is 0. The minimum Gasteiger partial charge on any atom is -0.301 e. The number of nitriles is 1. The molecule has 3 rings (SSSR count). The summed E-state index contributed by atoms with van der Waals surface area (Å²) in [4.78, 5) is 2.48. The summed E-state index contributed by atoms with van der Waals surface area (Å²) in [5, 5.41) is 9.00. The molecular weight excluding hydrogens is 208 g/mol. The second kappa shape index (κ2) is 4.50. The Balaban J connectivity index is 1.61. The largest absolute Gasteiger partial charge is 0.301 e. The summed E-state index contributed by atoms with van der Waals surface area (Å²) in [5.74, 6) is 0.975. The molecular formula is C15H18N2. The van der Waals surface area contributed by atoms with Gasteiger partial charge in [0.1, 0.15) is 0 Å². The normalized spacial score (nSPS) is 27.9. The van der Waals surface area contributed by atoms with Crippen molar-refractivity contribution < 1.29 is 0 Å². The quantitative estimate of drug-likeness (QED) is 0.775. The van der Waals surface area contributed by atoms with E-state index < -0.39 is 0 Å². The number of fused-ring (bicyclic) bond motifs is 1. The molecule has 1 aromatic carbocycles. The zero-order valence-corrected chi connectivity index (χ0v) is 10.1. The summed E-state index contributed by atoms with van der Waals surface area (Å²) in [6.07, 6.45) is 3.50. The predicted octanol–water partition coefficient (Wildman–Crippen LogP) is 2.56. The minimum absolute atomic E-state index is 0.263. The standard InChI is InChI=1S/C15H18N2/c16-9-12-4-3-7-17(10-12)11-14-8-13-5-1-2-6-15(13)14/h1-2,5-6,12,14H,3-4,7-8,10-11H2. The lowest BCUT2D eigenvalue weighted by Gasteiger charge is -2.37. The molecule has 0 saturated carbocycles. The Bertz CT molecular complexity index is 446. The van der Waals surface area contributed by atoms with Crippen LogP contribution in [0.4, 0.5) is 0 Å². The van der Waals surface area contributed by atoms with Gasteiger partial charge in [0.15, 0.2) is 0 Å². The number of likely N-dealkylation sites (tertiary alicyclic amines) is 1. The zero-order chi connectivity index (χ0) is 11.7. The molecule has 2 nitrogen and oxygen atoms in total. The fourth-order valence-corrected chi connectivity index (χ4v) is 3.16. The van der Waals surface area contributed by atoms with Crippen LogP contribution in [0, 0.1) is 17.2 Å². The van der Waals surface area contributed by atoms with E-state index in [0.717, 1.165) is 19.5 Å². The van der Waals surface area contributed by atoms with E-state index in [1.165, 1.54) is 30.5 Å². The molecule has 1 saturated heterocycles. The first-order valence-corrected chi connectivity index (χ1v) is 6.56. The van der Waals surface area contributed by atoms with E-state index in [-0.39, 0.29) is 5.92 Å². The van der Waals surface area contributed by atoms with Crippen molar-refractivity contribution in [2.45, 2.75) is 25.2 Å². The Morgan fingerprint density at radius 3 is 3.06 bits per heavy atom. The number of hydrogen-bond acceptors (Lipinski definition) is 2. The van der Waals surface area contributed by atoms with E-state index in [4.69, 9.17) is 5.26 Å². The smallest absolute Gasteiger partial charge is 0.0669 e. The fourth-order valence-electron chi connectivity index (χ4n) is 3.16. The lowest BCUT2D eigenvalue weighted by molar-refractivity contribution is 0.183. The highest BCUT2D eigenvalue weighted by Gasteiger charge is 2.29. The maximum atomic E-state index is 9.00. The summed E-state index contributed by atoms with van der Waals surface area (Å²) in [6.45, 7) is 3.31. The van der Waals surface area contributed by atoms with Gasteiger partial charge in [-0.15, -0.1) is 0 Å². The van der Waals surface area contributed by atoms with Crippen molar-refractivity contribution in [3.05, 3.63) is 35.4 Å². The first-order chi connectivity index (χ1) is 8.36. The Hall–Kier alpha value is -1.33. The number of rotatable bonds is 2. The molecule has 0 N–H and O–H groups in total. The molecule has 1 heterocycles. The zero-order valence-electron chi connectivity index (χ0n) is 10.1. The summed E-state index contributed by atoms with van der Waals surface area (Å²) in [6, 6.07) is 11.2. The first kappa shape index (κ1) is 10.8. The van der Waals surface area contributed by atoms with Crippen LogP contribution in [0.5, 0.6) is 0 Å². The van der Waals surface area contributed by atoms with Crippen LogP contribution < -0.4 is 0 Å². The van der Waals surface area contributed by atoms with Gasteiger partial charge >= 0.3 is 0 Å².